The highest BCUT2D eigenvalue weighted by Gasteiger charge is 2.26. The quantitative estimate of drug-likeness (QED) is 0.186. The highest BCUT2D eigenvalue weighted by atomic mass is 16.6. The molecule has 4 aromatic rings. The van der Waals surface area contributed by atoms with Crippen LogP contribution in [0.25, 0.3) is 11.0 Å². The van der Waals surface area contributed by atoms with Crippen molar-refractivity contribution < 1.29 is 23.5 Å². The van der Waals surface area contributed by atoms with Crippen LogP contribution in [0.4, 0.5) is 4.79 Å². The van der Waals surface area contributed by atoms with Crippen LogP contribution in [-0.4, -0.2) is 18.1 Å². The second-order valence-electron chi connectivity index (χ2n) is 8.85. The zero-order chi connectivity index (χ0) is 26.2. The summed E-state index contributed by atoms with van der Waals surface area (Å²) in [6.07, 6.45) is 0.896. The Morgan fingerprint density at radius 1 is 0.946 bits per heavy atom. The largest absolute Gasteiger partial charge is 0.445 e. The molecular weight excluding hydrogens is 470 g/mol. The van der Waals surface area contributed by atoms with Gasteiger partial charge in [-0.3, -0.25) is 0 Å². The molecule has 3 aromatic carbocycles. The summed E-state index contributed by atoms with van der Waals surface area (Å²) in [6, 6.07) is 22.5. The summed E-state index contributed by atoms with van der Waals surface area (Å²) < 4.78 is 16.6. The lowest BCUT2D eigenvalue weighted by Gasteiger charge is -2.19. The second-order valence-corrected chi connectivity index (χ2v) is 8.85. The van der Waals surface area contributed by atoms with Gasteiger partial charge in [0.1, 0.15) is 24.0 Å². The van der Waals surface area contributed by atoms with E-state index in [1.807, 2.05) is 74.5 Å². The summed E-state index contributed by atoms with van der Waals surface area (Å²) in [4.78, 5) is 38.1. The minimum Gasteiger partial charge on any atom is -0.445 e. The van der Waals surface area contributed by atoms with E-state index in [1.54, 1.807) is 12.1 Å². The molecular formula is C30H29NO6. The van der Waals surface area contributed by atoms with Crippen LogP contribution in [0.2, 0.25) is 0 Å². The van der Waals surface area contributed by atoms with Crippen molar-refractivity contribution in [3.05, 3.63) is 112 Å². The van der Waals surface area contributed by atoms with Crippen molar-refractivity contribution in [2.75, 3.05) is 0 Å². The Hall–Kier alpha value is -4.39. The molecule has 7 nitrogen and oxygen atoms in total. The molecule has 1 heterocycles. The Morgan fingerprint density at radius 2 is 1.62 bits per heavy atom. The van der Waals surface area contributed by atoms with Gasteiger partial charge in [-0.2, -0.15) is 0 Å². The molecule has 0 radical (unpaired) electrons. The molecule has 1 unspecified atom stereocenters. The van der Waals surface area contributed by atoms with Crippen LogP contribution >= 0.6 is 0 Å². The number of hydrogen-bond acceptors (Lipinski definition) is 6. The number of aryl methyl sites for hydroxylation is 2. The van der Waals surface area contributed by atoms with Crippen molar-refractivity contribution in [3.8, 4) is 5.75 Å². The summed E-state index contributed by atoms with van der Waals surface area (Å²) in [5, 5.41) is 3.23. The number of hydrogen-bond donors (Lipinski definition) is 1. The summed E-state index contributed by atoms with van der Waals surface area (Å²) in [5.41, 5.74) is 3.08. The summed E-state index contributed by atoms with van der Waals surface area (Å²) >= 11 is 0. The molecule has 1 amide bonds. The molecule has 1 aromatic heterocycles. The smallest absolute Gasteiger partial charge is 0.408 e. The van der Waals surface area contributed by atoms with E-state index in [1.165, 1.54) is 6.07 Å². The fraction of sp³-hybridized carbons (Fsp3) is 0.233. The lowest BCUT2D eigenvalue weighted by molar-refractivity contribution is -0.136. The van der Waals surface area contributed by atoms with Gasteiger partial charge in [-0.15, -0.1) is 0 Å². The van der Waals surface area contributed by atoms with Crippen LogP contribution < -0.4 is 15.7 Å². The van der Waals surface area contributed by atoms with E-state index >= 15 is 0 Å². The molecule has 0 aliphatic carbocycles. The van der Waals surface area contributed by atoms with Gasteiger partial charge in [0, 0.05) is 12.5 Å². The van der Waals surface area contributed by atoms with Crippen molar-refractivity contribution in [2.24, 2.45) is 0 Å². The first-order chi connectivity index (χ1) is 17.9. The topological polar surface area (TPSA) is 94.8 Å². The second kappa shape index (κ2) is 12.0. The molecule has 0 bridgehead atoms. The van der Waals surface area contributed by atoms with E-state index in [9.17, 15) is 14.4 Å². The average molecular weight is 500 g/mol. The molecule has 0 spiro atoms. The first-order valence-electron chi connectivity index (χ1n) is 12.2. The molecule has 1 atom stereocenters. The van der Waals surface area contributed by atoms with Gasteiger partial charge in [0.15, 0.2) is 0 Å². The first-order valence-corrected chi connectivity index (χ1v) is 12.2. The van der Waals surface area contributed by atoms with Gasteiger partial charge in [0.2, 0.25) is 0 Å². The fourth-order valence-corrected chi connectivity index (χ4v) is 4.15. The zero-order valence-corrected chi connectivity index (χ0v) is 20.9. The lowest BCUT2D eigenvalue weighted by atomic mass is 10.0. The highest BCUT2D eigenvalue weighted by Crippen LogP contribution is 2.31. The van der Waals surface area contributed by atoms with E-state index in [-0.39, 0.29) is 18.8 Å². The van der Waals surface area contributed by atoms with Gasteiger partial charge in [-0.05, 0) is 47.7 Å². The number of amides is 1. The number of esters is 1. The maximum Gasteiger partial charge on any atom is 0.408 e. The van der Waals surface area contributed by atoms with Gasteiger partial charge in [0.05, 0.1) is 5.39 Å². The van der Waals surface area contributed by atoms with Crippen LogP contribution in [0.1, 0.15) is 35.6 Å². The van der Waals surface area contributed by atoms with Gasteiger partial charge >= 0.3 is 17.7 Å². The predicted octanol–water partition coefficient (Wildman–Crippen LogP) is 5.50. The van der Waals surface area contributed by atoms with E-state index < -0.39 is 23.7 Å². The third-order valence-electron chi connectivity index (χ3n) is 5.84. The monoisotopic (exact) mass is 499 g/mol. The van der Waals surface area contributed by atoms with Crippen LogP contribution in [0.5, 0.6) is 5.75 Å². The van der Waals surface area contributed by atoms with Gasteiger partial charge < -0.3 is 19.2 Å². The minimum atomic E-state index is -1.01. The standard InChI is InChI=1S/C30H29NO6/c1-3-10-23-18-27(32)36-25-15-20(2)16-26(28(23)25)37-29(33)24(17-21-11-6-4-7-12-21)31-30(34)35-19-22-13-8-5-9-14-22/h4-9,11-16,18,24H,3,10,17,19H2,1-2H3,(H,31,34). The van der Waals surface area contributed by atoms with Crippen LogP contribution in [0.3, 0.4) is 0 Å². The van der Waals surface area contributed by atoms with Crippen molar-refractivity contribution in [3.63, 3.8) is 0 Å². The highest BCUT2D eigenvalue weighted by molar-refractivity contribution is 5.91. The molecule has 0 aliphatic rings. The number of ether oxygens (including phenoxy) is 2. The summed E-state index contributed by atoms with van der Waals surface area (Å²) in [7, 11) is 0. The fourth-order valence-electron chi connectivity index (χ4n) is 4.15. The summed E-state index contributed by atoms with van der Waals surface area (Å²) in [6.45, 7) is 3.90. The Balaban J connectivity index is 1.60. The average Bonchev–Trinajstić information content (AvgIpc) is 2.88. The zero-order valence-electron chi connectivity index (χ0n) is 20.9. The maximum absolute atomic E-state index is 13.4. The Labute approximate surface area is 215 Å². The maximum atomic E-state index is 13.4. The number of carbonyl (C=O) groups is 2. The van der Waals surface area contributed by atoms with Crippen molar-refractivity contribution in [1.29, 1.82) is 0 Å². The number of carbonyl (C=O) groups excluding carboxylic acids is 2. The van der Waals surface area contributed by atoms with Crippen LogP contribution in [0.15, 0.2) is 88.1 Å². The Bertz CT molecular complexity index is 1430. The van der Waals surface area contributed by atoms with Crippen molar-refractivity contribution in [1.82, 2.24) is 5.32 Å². The SMILES string of the molecule is CCCc1cc(=O)oc2cc(C)cc(OC(=O)C(Cc3ccccc3)NC(=O)OCc3ccccc3)c12. The molecule has 1 N–H and O–H groups in total. The third kappa shape index (κ3) is 6.85. The number of nitrogens with one attached hydrogen (secondary N) is 1. The van der Waals surface area contributed by atoms with Gasteiger partial charge in [-0.1, -0.05) is 74.0 Å². The molecule has 0 aliphatic heterocycles. The van der Waals surface area contributed by atoms with Crippen LogP contribution in [0, 0.1) is 6.92 Å². The number of fused-ring (bicyclic) bond motifs is 1. The summed E-state index contributed by atoms with van der Waals surface area (Å²) in [5.74, 6) is -0.370. The van der Waals surface area contributed by atoms with Crippen molar-refractivity contribution in [2.45, 2.75) is 45.8 Å². The first kappa shape index (κ1) is 25.7. The van der Waals surface area contributed by atoms with Crippen LogP contribution in [-0.2, 0) is 29.0 Å². The number of benzene rings is 3. The van der Waals surface area contributed by atoms with E-state index in [2.05, 4.69) is 5.32 Å². The molecule has 190 valence electrons. The molecule has 4 rings (SSSR count). The van der Waals surface area contributed by atoms with Gasteiger partial charge in [0.25, 0.3) is 0 Å². The van der Waals surface area contributed by atoms with E-state index in [4.69, 9.17) is 13.9 Å². The molecule has 0 fully saturated rings. The molecule has 37 heavy (non-hydrogen) atoms. The van der Waals surface area contributed by atoms with E-state index in [0.29, 0.717) is 17.4 Å². The Kier molecular flexibility index (Phi) is 8.36. The lowest BCUT2D eigenvalue weighted by Crippen LogP contribution is -2.44. The number of alkyl carbamates (subject to hydrolysis) is 1. The Morgan fingerprint density at radius 3 is 2.30 bits per heavy atom. The normalized spacial score (nSPS) is 11.6. The molecule has 0 saturated carbocycles. The van der Waals surface area contributed by atoms with Crippen molar-refractivity contribution >= 4 is 23.0 Å². The van der Waals surface area contributed by atoms with Gasteiger partial charge in [-0.25, -0.2) is 14.4 Å². The minimum absolute atomic E-state index is 0.0711. The number of rotatable bonds is 9. The predicted molar refractivity (Wildman–Crippen MR) is 141 cm³/mol. The van der Waals surface area contributed by atoms with E-state index in [0.717, 1.165) is 28.7 Å². The third-order valence-corrected chi connectivity index (χ3v) is 5.84. The molecule has 7 heteroatoms. The molecule has 0 saturated heterocycles.